The molecule has 0 bridgehead atoms. The molecule has 0 saturated carbocycles. The second-order valence-corrected chi connectivity index (χ2v) is 12.1. The maximum absolute atomic E-state index is 13.2. The van der Waals surface area contributed by atoms with Gasteiger partial charge in [0.05, 0.1) is 23.8 Å². The monoisotopic (exact) mass is 599 g/mol. The van der Waals surface area contributed by atoms with E-state index in [0.717, 1.165) is 53.7 Å². The SMILES string of the molecule is COc1ccc2sc(N3CCN(CCNC(=O)c4cccc(NS(=O)(=O)c5ccc(F)cc5)c4)CC3)nc2c1OC. The molecule has 41 heavy (non-hydrogen) atoms. The highest BCUT2D eigenvalue weighted by atomic mass is 32.2. The number of piperazine rings is 1. The first-order chi connectivity index (χ1) is 19.8. The third-order valence-electron chi connectivity index (χ3n) is 6.75. The number of benzene rings is 3. The standard InChI is InChI=1S/C28H30FN5O5S2/c1-38-23-10-11-24-25(26(23)39-2)31-28(40-24)34-16-14-33(15-17-34)13-12-30-27(35)19-4-3-5-21(18-19)32-41(36,37)22-8-6-20(29)7-9-22/h3-11,18,32H,12-17H2,1-2H3,(H,30,35). The molecule has 216 valence electrons. The van der Waals surface area contributed by atoms with Crippen LogP contribution in [0.1, 0.15) is 10.4 Å². The second-order valence-electron chi connectivity index (χ2n) is 9.37. The smallest absolute Gasteiger partial charge is 0.261 e. The number of amides is 1. The van der Waals surface area contributed by atoms with E-state index in [1.165, 1.54) is 18.2 Å². The Bertz CT molecular complexity index is 1640. The summed E-state index contributed by atoms with van der Waals surface area (Å²) in [6.07, 6.45) is 0. The van der Waals surface area contributed by atoms with Gasteiger partial charge in [0.15, 0.2) is 16.6 Å². The minimum Gasteiger partial charge on any atom is -0.493 e. The summed E-state index contributed by atoms with van der Waals surface area (Å²) in [4.78, 5) is 22.0. The zero-order valence-corrected chi connectivity index (χ0v) is 24.2. The van der Waals surface area contributed by atoms with E-state index in [1.54, 1.807) is 43.8 Å². The molecule has 0 radical (unpaired) electrons. The summed E-state index contributed by atoms with van der Waals surface area (Å²) >= 11 is 1.62. The summed E-state index contributed by atoms with van der Waals surface area (Å²) in [5, 5.41) is 3.85. The molecule has 2 heterocycles. The Morgan fingerprint density at radius 1 is 1.02 bits per heavy atom. The van der Waals surface area contributed by atoms with E-state index in [9.17, 15) is 17.6 Å². The molecule has 1 amide bonds. The number of halogens is 1. The number of nitrogens with one attached hydrogen (secondary N) is 2. The number of sulfonamides is 1. The molecule has 13 heteroatoms. The molecule has 4 aromatic rings. The molecule has 3 aromatic carbocycles. The van der Waals surface area contributed by atoms with Gasteiger partial charge >= 0.3 is 0 Å². The third-order valence-corrected chi connectivity index (χ3v) is 9.23. The van der Waals surface area contributed by atoms with E-state index < -0.39 is 15.8 Å². The minimum atomic E-state index is -3.92. The summed E-state index contributed by atoms with van der Waals surface area (Å²) in [6.45, 7) is 4.40. The predicted octanol–water partition coefficient (Wildman–Crippen LogP) is 3.81. The Balaban J connectivity index is 1.11. The van der Waals surface area contributed by atoms with Crippen LogP contribution in [-0.2, 0) is 10.0 Å². The number of hydrogen-bond acceptors (Lipinski definition) is 9. The molecular weight excluding hydrogens is 569 g/mol. The van der Waals surface area contributed by atoms with Gasteiger partial charge in [-0.15, -0.1) is 0 Å². The number of methoxy groups -OCH3 is 2. The van der Waals surface area contributed by atoms with Crippen LogP contribution in [-0.4, -0.2) is 77.7 Å². The summed E-state index contributed by atoms with van der Waals surface area (Å²) in [5.41, 5.74) is 1.37. The highest BCUT2D eigenvalue weighted by Gasteiger charge is 2.22. The molecule has 1 fully saturated rings. The van der Waals surface area contributed by atoms with Crippen molar-refractivity contribution in [3.8, 4) is 11.5 Å². The van der Waals surface area contributed by atoms with Crippen molar-refractivity contribution in [2.45, 2.75) is 4.90 Å². The fourth-order valence-electron chi connectivity index (χ4n) is 4.58. The van der Waals surface area contributed by atoms with Crippen molar-refractivity contribution in [2.24, 2.45) is 0 Å². The number of ether oxygens (including phenoxy) is 2. The van der Waals surface area contributed by atoms with Gasteiger partial charge in [-0.3, -0.25) is 14.4 Å². The number of carbonyl (C=O) groups excluding carboxylic acids is 1. The van der Waals surface area contributed by atoms with Gasteiger partial charge in [-0.25, -0.2) is 17.8 Å². The van der Waals surface area contributed by atoms with Crippen molar-refractivity contribution in [1.29, 1.82) is 0 Å². The number of rotatable bonds is 10. The van der Waals surface area contributed by atoms with Gasteiger partial charge in [-0.1, -0.05) is 17.4 Å². The molecule has 1 aromatic heterocycles. The van der Waals surface area contributed by atoms with Crippen LogP contribution in [0.5, 0.6) is 11.5 Å². The van der Waals surface area contributed by atoms with E-state index in [-0.39, 0.29) is 16.5 Å². The Kier molecular flexibility index (Phi) is 8.57. The summed E-state index contributed by atoms with van der Waals surface area (Å²) in [5.74, 6) is 0.463. The minimum absolute atomic E-state index is 0.0723. The Hall–Kier alpha value is -3.94. The van der Waals surface area contributed by atoms with E-state index >= 15 is 0 Å². The largest absolute Gasteiger partial charge is 0.493 e. The molecule has 2 N–H and O–H groups in total. The number of fused-ring (bicyclic) bond motifs is 1. The van der Waals surface area contributed by atoms with Gasteiger partial charge in [0, 0.05) is 50.5 Å². The number of anilines is 2. The normalized spacial score (nSPS) is 14.2. The second kappa shape index (κ2) is 12.3. The van der Waals surface area contributed by atoms with Crippen LogP contribution in [0.4, 0.5) is 15.2 Å². The van der Waals surface area contributed by atoms with Gasteiger partial charge in [0.2, 0.25) is 0 Å². The first-order valence-corrected chi connectivity index (χ1v) is 15.2. The van der Waals surface area contributed by atoms with Gasteiger partial charge < -0.3 is 19.7 Å². The number of thiazole rings is 1. The average Bonchev–Trinajstić information content (AvgIpc) is 3.41. The van der Waals surface area contributed by atoms with Crippen LogP contribution in [0, 0.1) is 5.82 Å². The Morgan fingerprint density at radius 2 is 1.78 bits per heavy atom. The average molecular weight is 600 g/mol. The lowest BCUT2D eigenvalue weighted by Crippen LogP contribution is -2.48. The molecule has 0 atom stereocenters. The van der Waals surface area contributed by atoms with Crippen LogP contribution in [0.15, 0.2) is 65.6 Å². The molecule has 1 aliphatic rings. The Labute approximate surface area is 241 Å². The molecular formula is C28H30FN5O5S2. The van der Waals surface area contributed by atoms with Crippen LogP contribution in [0.25, 0.3) is 10.2 Å². The fourth-order valence-corrected chi connectivity index (χ4v) is 6.64. The summed E-state index contributed by atoms with van der Waals surface area (Å²) in [7, 11) is -0.696. The molecule has 10 nitrogen and oxygen atoms in total. The number of carbonyl (C=O) groups is 1. The lowest BCUT2D eigenvalue weighted by molar-refractivity contribution is 0.0947. The molecule has 5 rings (SSSR count). The van der Waals surface area contributed by atoms with Crippen molar-refractivity contribution in [2.75, 3.05) is 63.1 Å². The molecule has 1 aliphatic heterocycles. The van der Waals surface area contributed by atoms with Crippen molar-refractivity contribution >= 4 is 48.3 Å². The highest BCUT2D eigenvalue weighted by Crippen LogP contribution is 2.40. The lowest BCUT2D eigenvalue weighted by atomic mass is 10.2. The molecule has 1 saturated heterocycles. The predicted molar refractivity (Wildman–Crippen MR) is 157 cm³/mol. The van der Waals surface area contributed by atoms with E-state index in [1.807, 2.05) is 12.1 Å². The van der Waals surface area contributed by atoms with Crippen LogP contribution < -0.4 is 24.4 Å². The van der Waals surface area contributed by atoms with Gasteiger partial charge in [0.25, 0.3) is 15.9 Å². The van der Waals surface area contributed by atoms with Crippen LogP contribution in [0.3, 0.4) is 0 Å². The number of nitrogens with zero attached hydrogens (tertiary/aromatic N) is 3. The van der Waals surface area contributed by atoms with E-state index in [2.05, 4.69) is 19.8 Å². The third kappa shape index (κ3) is 6.53. The van der Waals surface area contributed by atoms with Gasteiger partial charge in [-0.05, 0) is 54.6 Å². The lowest BCUT2D eigenvalue weighted by Gasteiger charge is -2.34. The number of hydrogen-bond donors (Lipinski definition) is 2. The molecule has 0 spiro atoms. The van der Waals surface area contributed by atoms with Gasteiger partial charge in [-0.2, -0.15) is 0 Å². The summed E-state index contributed by atoms with van der Waals surface area (Å²) in [6, 6.07) is 14.6. The van der Waals surface area contributed by atoms with E-state index in [4.69, 9.17) is 14.5 Å². The molecule has 0 aliphatic carbocycles. The van der Waals surface area contributed by atoms with Crippen molar-refractivity contribution in [1.82, 2.24) is 15.2 Å². The number of aromatic nitrogens is 1. The van der Waals surface area contributed by atoms with Crippen molar-refractivity contribution in [3.63, 3.8) is 0 Å². The zero-order chi connectivity index (χ0) is 29.0. The van der Waals surface area contributed by atoms with Crippen molar-refractivity contribution < 1.29 is 27.1 Å². The summed E-state index contributed by atoms with van der Waals surface area (Å²) < 4.78 is 52.7. The van der Waals surface area contributed by atoms with Crippen LogP contribution in [0.2, 0.25) is 0 Å². The van der Waals surface area contributed by atoms with Crippen molar-refractivity contribution in [3.05, 3.63) is 72.0 Å². The van der Waals surface area contributed by atoms with E-state index in [0.29, 0.717) is 30.2 Å². The Morgan fingerprint density at radius 3 is 2.49 bits per heavy atom. The maximum Gasteiger partial charge on any atom is 0.261 e. The first kappa shape index (κ1) is 28.6. The first-order valence-electron chi connectivity index (χ1n) is 12.9. The maximum atomic E-state index is 13.2. The molecule has 0 unspecified atom stereocenters. The van der Waals surface area contributed by atoms with Gasteiger partial charge in [0.1, 0.15) is 11.3 Å². The topological polar surface area (TPSA) is 113 Å². The quantitative estimate of drug-likeness (QED) is 0.283. The van der Waals surface area contributed by atoms with Crippen LogP contribution >= 0.6 is 11.3 Å². The fraction of sp³-hybridized carbons (Fsp3) is 0.286. The highest BCUT2D eigenvalue weighted by molar-refractivity contribution is 7.92. The zero-order valence-electron chi connectivity index (χ0n) is 22.6.